The van der Waals surface area contributed by atoms with Crippen LogP contribution >= 0.6 is 0 Å². The van der Waals surface area contributed by atoms with Crippen LogP contribution < -0.4 is 4.74 Å². The molecule has 1 aromatic carbocycles. The number of hydrogen-bond donors (Lipinski definition) is 1. The van der Waals surface area contributed by atoms with Gasteiger partial charge in [-0.25, -0.2) is 0 Å². The molecule has 1 atom stereocenters. The van der Waals surface area contributed by atoms with Gasteiger partial charge in [-0.3, -0.25) is 14.5 Å². The van der Waals surface area contributed by atoms with Crippen molar-refractivity contribution in [1.29, 1.82) is 0 Å². The molecule has 0 bridgehead atoms. The van der Waals surface area contributed by atoms with Crippen molar-refractivity contribution in [2.24, 2.45) is 5.92 Å². The molecule has 0 aliphatic carbocycles. The number of likely N-dealkylation sites (tertiary alicyclic amines) is 1. The van der Waals surface area contributed by atoms with Gasteiger partial charge in [0.15, 0.2) is 0 Å². The van der Waals surface area contributed by atoms with Crippen molar-refractivity contribution in [3.63, 3.8) is 0 Å². The van der Waals surface area contributed by atoms with Crippen LogP contribution in [0.2, 0.25) is 0 Å². The van der Waals surface area contributed by atoms with E-state index in [0.29, 0.717) is 24.4 Å². The van der Waals surface area contributed by atoms with Crippen LogP contribution in [-0.4, -0.2) is 60.1 Å². The van der Waals surface area contributed by atoms with E-state index in [2.05, 4.69) is 0 Å². The normalized spacial score (nSPS) is 21.0. The Hall–Kier alpha value is -2.34. The van der Waals surface area contributed by atoms with Gasteiger partial charge in [-0.05, 0) is 42.9 Å². The summed E-state index contributed by atoms with van der Waals surface area (Å²) in [6.07, 6.45) is 2.77. The molecule has 140 valence electrons. The summed E-state index contributed by atoms with van der Waals surface area (Å²) in [5.74, 6) is 0.338. The van der Waals surface area contributed by atoms with E-state index in [4.69, 9.17) is 4.74 Å². The van der Waals surface area contributed by atoms with Crippen molar-refractivity contribution >= 4 is 17.4 Å². The highest BCUT2D eigenvalue weighted by Gasteiger charge is 2.40. The van der Waals surface area contributed by atoms with E-state index in [1.54, 1.807) is 0 Å². The lowest BCUT2D eigenvalue weighted by atomic mass is 9.97. The highest BCUT2D eigenvalue weighted by molar-refractivity contribution is 6.35. The molecule has 6 nitrogen and oxygen atoms in total. The Bertz CT molecular complexity index is 711. The molecular weight excluding hydrogens is 332 g/mol. The molecule has 0 radical (unpaired) electrons. The van der Waals surface area contributed by atoms with Crippen molar-refractivity contribution in [3.8, 4) is 5.75 Å². The molecule has 2 aliphatic rings. The van der Waals surface area contributed by atoms with Gasteiger partial charge in [-0.2, -0.15) is 0 Å². The third-order valence-corrected chi connectivity index (χ3v) is 4.97. The Morgan fingerprint density at radius 2 is 1.92 bits per heavy atom. The van der Waals surface area contributed by atoms with Crippen LogP contribution in [0.15, 0.2) is 30.0 Å². The molecule has 2 heterocycles. The van der Waals surface area contributed by atoms with Crippen molar-refractivity contribution < 1.29 is 19.4 Å². The van der Waals surface area contributed by atoms with Gasteiger partial charge in [-0.15, -0.1) is 0 Å². The largest absolute Gasteiger partial charge is 0.494 e. The van der Waals surface area contributed by atoms with E-state index in [-0.39, 0.29) is 24.3 Å². The summed E-state index contributed by atoms with van der Waals surface area (Å²) in [7, 11) is 1.52. The number of amides is 2. The molecule has 3 rings (SSSR count). The molecule has 0 spiro atoms. The molecule has 0 aromatic heterocycles. The zero-order valence-electron chi connectivity index (χ0n) is 15.4. The molecule has 1 N–H and O–H groups in total. The summed E-state index contributed by atoms with van der Waals surface area (Å²) in [6, 6.07) is 7.33. The summed E-state index contributed by atoms with van der Waals surface area (Å²) >= 11 is 0. The van der Waals surface area contributed by atoms with Crippen LogP contribution in [0.1, 0.15) is 31.7 Å². The fourth-order valence-corrected chi connectivity index (χ4v) is 3.54. The Labute approximate surface area is 154 Å². The first kappa shape index (κ1) is 18.5. The van der Waals surface area contributed by atoms with Crippen molar-refractivity contribution in [2.75, 3.05) is 33.4 Å². The fourth-order valence-electron chi connectivity index (χ4n) is 3.54. The summed E-state index contributed by atoms with van der Waals surface area (Å²) in [6.45, 7) is 4.10. The Kier molecular flexibility index (Phi) is 5.61. The average Bonchev–Trinajstić information content (AvgIpc) is 2.91. The van der Waals surface area contributed by atoms with Gasteiger partial charge in [0.25, 0.3) is 11.8 Å². The number of rotatable bonds is 6. The molecule has 1 unspecified atom stereocenters. The topological polar surface area (TPSA) is 70.1 Å². The number of likely N-dealkylation sites (N-methyl/N-ethyl adjacent to an activating group) is 1. The van der Waals surface area contributed by atoms with Gasteiger partial charge >= 0.3 is 0 Å². The van der Waals surface area contributed by atoms with Crippen LogP contribution in [0.3, 0.4) is 0 Å². The summed E-state index contributed by atoms with van der Waals surface area (Å²) in [4.78, 5) is 28.6. The van der Waals surface area contributed by atoms with E-state index in [1.807, 2.05) is 36.1 Å². The Morgan fingerprint density at radius 1 is 1.19 bits per heavy atom. The first-order chi connectivity index (χ1) is 12.6. The maximum absolute atomic E-state index is 12.7. The van der Waals surface area contributed by atoms with Crippen LogP contribution in [0.25, 0.3) is 5.57 Å². The first-order valence-electron chi connectivity index (χ1n) is 9.22. The van der Waals surface area contributed by atoms with Crippen molar-refractivity contribution in [3.05, 3.63) is 35.5 Å². The number of aliphatic hydroxyl groups excluding tert-OH is 1. The van der Waals surface area contributed by atoms with Crippen LogP contribution in [0.4, 0.5) is 0 Å². The highest BCUT2D eigenvalue weighted by atomic mass is 16.5. The molecule has 1 aromatic rings. The number of imide groups is 1. The lowest BCUT2D eigenvalue weighted by Gasteiger charge is -2.34. The number of carbonyl (C=O) groups excluding carboxylic acids is 2. The molecule has 1 saturated heterocycles. The minimum absolute atomic E-state index is 0.0978. The lowest BCUT2D eigenvalue weighted by molar-refractivity contribution is -0.136. The van der Waals surface area contributed by atoms with Gasteiger partial charge in [-0.1, -0.05) is 19.1 Å². The minimum Gasteiger partial charge on any atom is -0.494 e. The van der Waals surface area contributed by atoms with Crippen molar-refractivity contribution in [1.82, 2.24) is 9.80 Å². The predicted molar refractivity (Wildman–Crippen MR) is 98.3 cm³/mol. The number of benzene rings is 1. The monoisotopic (exact) mass is 358 g/mol. The van der Waals surface area contributed by atoms with Crippen LogP contribution in [0.5, 0.6) is 5.75 Å². The Morgan fingerprint density at radius 3 is 2.58 bits per heavy atom. The quantitative estimate of drug-likeness (QED) is 0.787. The third-order valence-electron chi connectivity index (χ3n) is 4.97. The average molecular weight is 358 g/mol. The molecule has 2 aliphatic heterocycles. The van der Waals surface area contributed by atoms with Gasteiger partial charge in [0.1, 0.15) is 11.4 Å². The minimum atomic E-state index is -0.279. The first-order valence-corrected chi connectivity index (χ1v) is 9.22. The van der Waals surface area contributed by atoms with Gasteiger partial charge in [0, 0.05) is 26.7 Å². The van der Waals surface area contributed by atoms with E-state index >= 15 is 0 Å². The molecule has 0 saturated carbocycles. The number of nitrogens with zero attached hydrogens (tertiary/aromatic N) is 2. The maximum Gasteiger partial charge on any atom is 0.277 e. The molecule has 26 heavy (non-hydrogen) atoms. The molecule has 1 fully saturated rings. The number of aliphatic hydroxyl groups is 1. The van der Waals surface area contributed by atoms with Gasteiger partial charge in [0.05, 0.1) is 12.2 Å². The van der Waals surface area contributed by atoms with Crippen LogP contribution in [-0.2, 0) is 9.59 Å². The zero-order valence-corrected chi connectivity index (χ0v) is 15.4. The second-order valence-corrected chi connectivity index (χ2v) is 6.90. The standard InChI is InChI=1S/C20H26N2O4/c1-3-11-26-16-8-6-15(7-9-16)17-18(20(25)21(2)19(17)24)22-10-4-5-14(12-22)13-23/h6-9,14,23H,3-5,10-13H2,1-2H3. The van der Waals surface area contributed by atoms with E-state index in [0.717, 1.165) is 37.1 Å². The van der Waals surface area contributed by atoms with Gasteiger partial charge in [0.2, 0.25) is 0 Å². The number of hydrogen-bond acceptors (Lipinski definition) is 5. The van der Waals surface area contributed by atoms with E-state index in [9.17, 15) is 14.7 Å². The van der Waals surface area contributed by atoms with E-state index in [1.165, 1.54) is 11.9 Å². The second-order valence-electron chi connectivity index (χ2n) is 6.90. The summed E-state index contributed by atoms with van der Waals surface area (Å²) < 4.78 is 5.60. The number of ether oxygens (including phenoxy) is 1. The van der Waals surface area contributed by atoms with Crippen molar-refractivity contribution in [2.45, 2.75) is 26.2 Å². The van der Waals surface area contributed by atoms with E-state index < -0.39 is 0 Å². The predicted octanol–water partition coefficient (Wildman–Crippen LogP) is 1.89. The SMILES string of the molecule is CCCOc1ccc(C2=C(N3CCCC(CO)C3)C(=O)N(C)C2=O)cc1. The molecular formula is C20H26N2O4. The smallest absolute Gasteiger partial charge is 0.277 e. The number of piperidine rings is 1. The van der Waals surface area contributed by atoms with Gasteiger partial charge < -0.3 is 14.7 Å². The highest BCUT2D eigenvalue weighted by Crippen LogP contribution is 2.33. The molecule has 2 amide bonds. The third kappa shape index (κ3) is 3.46. The summed E-state index contributed by atoms with van der Waals surface area (Å²) in [5, 5.41) is 9.49. The molecule has 6 heteroatoms. The zero-order chi connectivity index (χ0) is 18.7. The summed E-state index contributed by atoms with van der Waals surface area (Å²) in [5.41, 5.74) is 1.62. The second kappa shape index (κ2) is 7.91. The van der Waals surface area contributed by atoms with Crippen LogP contribution in [0, 0.1) is 5.92 Å². The Balaban J connectivity index is 1.95. The fraction of sp³-hybridized carbons (Fsp3) is 0.500. The lowest BCUT2D eigenvalue weighted by Crippen LogP contribution is -2.39. The number of carbonyl (C=O) groups is 2. The maximum atomic E-state index is 12.7.